The van der Waals surface area contributed by atoms with Crippen LogP contribution in [0.2, 0.25) is 0 Å². The number of carbonyl (C=O) groups excluding carboxylic acids is 1. The molecule has 4 nitrogen and oxygen atoms in total. The number of rotatable bonds is 6. The second kappa shape index (κ2) is 7.06. The fourth-order valence-corrected chi connectivity index (χ4v) is 2.56. The van der Waals surface area contributed by atoms with E-state index < -0.39 is 0 Å². The van der Waals surface area contributed by atoms with Crippen molar-refractivity contribution >= 4 is 5.97 Å². The van der Waals surface area contributed by atoms with E-state index in [0.717, 1.165) is 37.5 Å². The Morgan fingerprint density at radius 1 is 1.21 bits per heavy atom. The third kappa shape index (κ3) is 4.62. The number of methoxy groups -OCH3 is 1. The van der Waals surface area contributed by atoms with Gasteiger partial charge in [0.1, 0.15) is 0 Å². The summed E-state index contributed by atoms with van der Waals surface area (Å²) in [5.41, 5.74) is 0.794. The zero-order valence-electron chi connectivity index (χ0n) is 12.2. The molecule has 0 aromatic carbocycles. The van der Waals surface area contributed by atoms with Crippen LogP contribution in [0.25, 0.3) is 0 Å². The highest BCUT2D eigenvalue weighted by Crippen LogP contribution is 2.29. The van der Waals surface area contributed by atoms with E-state index in [2.05, 4.69) is 9.80 Å². The Morgan fingerprint density at radius 3 is 2.37 bits per heavy atom. The molecular weight excluding hydrogens is 240 g/mol. The first-order chi connectivity index (χ1) is 9.22. The molecule has 2 aliphatic rings. The van der Waals surface area contributed by atoms with Gasteiger partial charge >= 0.3 is 5.97 Å². The molecule has 1 aliphatic heterocycles. The summed E-state index contributed by atoms with van der Waals surface area (Å²) >= 11 is 0. The van der Waals surface area contributed by atoms with Gasteiger partial charge in [-0.2, -0.15) is 0 Å². The molecule has 1 aliphatic carbocycles. The molecule has 1 saturated carbocycles. The zero-order chi connectivity index (χ0) is 13.7. The van der Waals surface area contributed by atoms with Gasteiger partial charge < -0.3 is 9.64 Å². The van der Waals surface area contributed by atoms with Crippen LogP contribution in [0.4, 0.5) is 0 Å². The van der Waals surface area contributed by atoms with Gasteiger partial charge in [-0.15, -0.1) is 0 Å². The summed E-state index contributed by atoms with van der Waals surface area (Å²) in [6.07, 6.45) is 5.64. The van der Waals surface area contributed by atoms with Crippen molar-refractivity contribution in [3.8, 4) is 0 Å². The molecule has 0 atom stereocenters. The van der Waals surface area contributed by atoms with Crippen LogP contribution < -0.4 is 0 Å². The second-order valence-electron chi connectivity index (χ2n) is 5.62. The third-order valence-corrected chi connectivity index (χ3v) is 4.10. The van der Waals surface area contributed by atoms with E-state index in [9.17, 15) is 4.79 Å². The maximum Gasteiger partial charge on any atom is 0.333 e. The third-order valence-electron chi connectivity index (χ3n) is 4.10. The van der Waals surface area contributed by atoms with E-state index in [1.54, 1.807) is 0 Å². The Hall–Kier alpha value is -0.870. The lowest BCUT2D eigenvalue weighted by Gasteiger charge is -2.34. The van der Waals surface area contributed by atoms with Crippen LogP contribution in [0.3, 0.4) is 0 Å². The molecule has 0 spiro atoms. The van der Waals surface area contributed by atoms with Crippen molar-refractivity contribution in [2.24, 2.45) is 5.92 Å². The highest BCUT2D eigenvalue weighted by molar-refractivity contribution is 5.88. The smallest absolute Gasteiger partial charge is 0.333 e. The molecule has 0 unspecified atom stereocenters. The first kappa shape index (κ1) is 14.5. The Labute approximate surface area is 116 Å². The van der Waals surface area contributed by atoms with Crippen LogP contribution in [0, 0.1) is 5.92 Å². The Balaban J connectivity index is 1.71. The Morgan fingerprint density at radius 2 is 1.84 bits per heavy atom. The molecular formula is C15H26N2O2. The quantitative estimate of drug-likeness (QED) is 0.539. The number of esters is 1. The fraction of sp³-hybridized carbons (Fsp3) is 0.800. The van der Waals surface area contributed by atoms with Gasteiger partial charge in [-0.3, -0.25) is 4.90 Å². The van der Waals surface area contributed by atoms with Crippen LogP contribution in [0.5, 0.6) is 0 Å². The van der Waals surface area contributed by atoms with Gasteiger partial charge in [0.2, 0.25) is 0 Å². The van der Waals surface area contributed by atoms with Crippen molar-refractivity contribution in [3.05, 3.63) is 11.6 Å². The molecule has 4 heteroatoms. The molecule has 1 heterocycles. The number of nitrogens with zero attached hydrogens (tertiary/aromatic N) is 2. The van der Waals surface area contributed by atoms with Crippen molar-refractivity contribution in [3.63, 3.8) is 0 Å². The number of hydrogen-bond acceptors (Lipinski definition) is 4. The van der Waals surface area contributed by atoms with Crippen LogP contribution in [-0.4, -0.2) is 62.1 Å². The topological polar surface area (TPSA) is 32.8 Å². The minimum Gasteiger partial charge on any atom is -0.466 e. The molecule has 0 bridgehead atoms. The molecule has 0 radical (unpaired) electrons. The van der Waals surface area contributed by atoms with E-state index in [0.29, 0.717) is 0 Å². The molecule has 0 amide bonds. The van der Waals surface area contributed by atoms with Gasteiger partial charge in [-0.05, 0) is 25.2 Å². The van der Waals surface area contributed by atoms with Gasteiger partial charge in [-0.25, -0.2) is 4.79 Å². The second-order valence-corrected chi connectivity index (χ2v) is 5.62. The van der Waals surface area contributed by atoms with E-state index >= 15 is 0 Å². The summed E-state index contributed by atoms with van der Waals surface area (Å²) < 4.78 is 4.78. The summed E-state index contributed by atoms with van der Waals surface area (Å²) in [4.78, 5) is 16.5. The minimum absolute atomic E-state index is 0.185. The molecule has 0 N–H and O–H groups in total. The number of hydrogen-bond donors (Lipinski definition) is 0. The van der Waals surface area contributed by atoms with Gasteiger partial charge in [0.15, 0.2) is 0 Å². The number of carbonyl (C=O) groups is 1. The summed E-state index contributed by atoms with van der Waals surface area (Å²) in [7, 11) is 1.45. The van der Waals surface area contributed by atoms with E-state index in [4.69, 9.17) is 4.74 Å². The van der Waals surface area contributed by atoms with Crippen molar-refractivity contribution in [1.82, 2.24) is 9.80 Å². The maximum absolute atomic E-state index is 11.5. The summed E-state index contributed by atoms with van der Waals surface area (Å²) in [5, 5.41) is 0. The lowest BCUT2D eigenvalue weighted by Crippen LogP contribution is -2.46. The number of ether oxygens (including phenoxy) is 1. The van der Waals surface area contributed by atoms with Crippen LogP contribution in [-0.2, 0) is 9.53 Å². The molecule has 2 fully saturated rings. The first-order valence-corrected chi connectivity index (χ1v) is 7.45. The standard InChI is InChI=1S/C15H26N2O2/c1-3-14(15(18)19-2)6-7-16-8-10-17(11-9-16)12-13-4-5-13/h6,13H,3-5,7-12H2,1-2H3. The molecule has 19 heavy (non-hydrogen) atoms. The molecule has 108 valence electrons. The molecule has 0 aromatic heterocycles. The predicted molar refractivity (Wildman–Crippen MR) is 76.0 cm³/mol. The molecule has 2 rings (SSSR count). The van der Waals surface area contributed by atoms with Crippen molar-refractivity contribution in [1.29, 1.82) is 0 Å². The van der Waals surface area contributed by atoms with Gasteiger partial charge in [0.05, 0.1) is 7.11 Å². The lowest BCUT2D eigenvalue weighted by atomic mass is 10.2. The zero-order valence-corrected chi connectivity index (χ0v) is 12.2. The lowest BCUT2D eigenvalue weighted by molar-refractivity contribution is -0.136. The van der Waals surface area contributed by atoms with Crippen molar-refractivity contribution in [2.75, 3.05) is 46.4 Å². The minimum atomic E-state index is -0.185. The normalized spacial score (nSPS) is 22.5. The van der Waals surface area contributed by atoms with Gasteiger partial charge in [0, 0.05) is 44.8 Å². The maximum atomic E-state index is 11.5. The first-order valence-electron chi connectivity index (χ1n) is 7.45. The van der Waals surface area contributed by atoms with E-state index in [-0.39, 0.29) is 5.97 Å². The summed E-state index contributed by atoms with van der Waals surface area (Å²) in [5.74, 6) is 0.798. The van der Waals surface area contributed by atoms with Crippen LogP contribution in [0.1, 0.15) is 26.2 Å². The summed E-state index contributed by atoms with van der Waals surface area (Å²) in [6.45, 7) is 8.73. The number of piperazine rings is 1. The largest absolute Gasteiger partial charge is 0.466 e. The highest BCUT2D eigenvalue weighted by atomic mass is 16.5. The van der Waals surface area contributed by atoms with E-state index in [1.165, 1.54) is 39.6 Å². The van der Waals surface area contributed by atoms with Crippen LogP contribution in [0.15, 0.2) is 11.6 Å². The highest BCUT2D eigenvalue weighted by Gasteiger charge is 2.26. The average Bonchev–Trinajstić information content (AvgIpc) is 3.25. The fourth-order valence-electron chi connectivity index (χ4n) is 2.56. The van der Waals surface area contributed by atoms with Gasteiger partial charge in [0.25, 0.3) is 0 Å². The Bertz CT molecular complexity index is 329. The SMILES string of the molecule is CCC(=CCN1CCN(CC2CC2)CC1)C(=O)OC. The Kier molecular flexibility index (Phi) is 5.40. The van der Waals surface area contributed by atoms with E-state index in [1.807, 2.05) is 13.0 Å². The summed E-state index contributed by atoms with van der Waals surface area (Å²) in [6, 6.07) is 0. The van der Waals surface area contributed by atoms with Crippen molar-refractivity contribution in [2.45, 2.75) is 26.2 Å². The average molecular weight is 266 g/mol. The van der Waals surface area contributed by atoms with Gasteiger partial charge in [-0.1, -0.05) is 13.0 Å². The van der Waals surface area contributed by atoms with Crippen molar-refractivity contribution < 1.29 is 9.53 Å². The molecule has 0 aromatic rings. The monoisotopic (exact) mass is 266 g/mol. The van der Waals surface area contributed by atoms with Crippen LogP contribution >= 0.6 is 0 Å². The molecule has 1 saturated heterocycles. The predicted octanol–water partition coefficient (Wildman–Crippen LogP) is 1.52.